The third kappa shape index (κ3) is 4.80. The standard InChI is InChI=1S/C30H30N2O3/c1-3-4-9-24-21-34-28-13-8-12-27-22(18-19-32(24)30(27)28)20-29(33)31(2)23-14-16-26(17-15-23)35-25-10-6-5-7-11-25/h5-8,10-20,24H,3-4,9,21H2,1-2H3/b22-20+. The minimum Gasteiger partial charge on any atom is -0.489 e. The molecule has 0 bridgehead atoms. The lowest BCUT2D eigenvalue weighted by Gasteiger charge is -2.40. The number of anilines is 2. The minimum atomic E-state index is -0.0910. The van der Waals surface area contributed by atoms with E-state index < -0.39 is 0 Å². The average molecular weight is 467 g/mol. The summed E-state index contributed by atoms with van der Waals surface area (Å²) in [6.45, 7) is 2.90. The zero-order valence-electron chi connectivity index (χ0n) is 20.2. The van der Waals surface area contributed by atoms with Gasteiger partial charge in [-0.05, 0) is 60.5 Å². The van der Waals surface area contributed by atoms with Crippen molar-refractivity contribution in [1.29, 1.82) is 0 Å². The molecule has 2 aliphatic heterocycles. The smallest absolute Gasteiger partial charge is 0.251 e. The Kier molecular flexibility index (Phi) is 6.57. The number of allylic oxidation sites excluding steroid dienone is 2. The summed E-state index contributed by atoms with van der Waals surface area (Å²) in [5.41, 5.74) is 3.77. The molecule has 0 fully saturated rings. The van der Waals surface area contributed by atoms with Gasteiger partial charge in [-0.1, -0.05) is 50.1 Å². The fourth-order valence-corrected chi connectivity index (χ4v) is 4.54. The molecule has 1 amide bonds. The van der Waals surface area contributed by atoms with E-state index in [2.05, 4.69) is 24.1 Å². The molecule has 178 valence electrons. The van der Waals surface area contributed by atoms with Crippen molar-refractivity contribution >= 4 is 22.9 Å². The van der Waals surface area contributed by atoms with Gasteiger partial charge in [-0.15, -0.1) is 0 Å². The van der Waals surface area contributed by atoms with E-state index >= 15 is 0 Å². The van der Waals surface area contributed by atoms with Gasteiger partial charge in [-0.2, -0.15) is 0 Å². The van der Waals surface area contributed by atoms with E-state index in [9.17, 15) is 4.79 Å². The van der Waals surface area contributed by atoms with Gasteiger partial charge in [0.15, 0.2) is 0 Å². The van der Waals surface area contributed by atoms with Crippen molar-refractivity contribution < 1.29 is 14.3 Å². The maximum Gasteiger partial charge on any atom is 0.251 e. The Morgan fingerprint density at radius 3 is 2.60 bits per heavy atom. The number of carbonyl (C=O) groups is 1. The Labute approximate surface area is 206 Å². The number of likely N-dealkylation sites (N-methyl/N-ethyl adjacent to an activating group) is 1. The normalized spacial score (nSPS) is 17.0. The van der Waals surface area contributed by atoms with Crippen molar-refractivity contribution in [3.63, 3.8) is 0 Å². The molecule has 2 aliphatic rings. The van der Waals surface area contributed by atoms with Crippen molar-refractivity contribution in [2.45, 2.75) is 32.2 Å². The van der Waals surface area contributed by atoms with Gasteiger partial charge in [-0.3, -0.25) is 4.79 Å². The Morgan fingerprint density at radius 1 is 1.06 bits per heavy atom. The molecule has 1 unspecified atom stereocenters. The van der Waals surface area contributed by atoms with Gasteiger partial charge < -0.3 is 19.3 Å². The maximum absolute atomic E-state index is 13.2. The lowest BCUT2D eigenvalue weighted by Crippen LogP contribution is -2.41. The van der Waals surface area contributed by atoms with Crippen LogP contribution >= 0.6 is 0 Å². The van der Waals surface area contributed by atoms with Gasteiger partial charge in [0.1, 0.15) is 23.9 Å². The summed E-state index contributed by atoms with van der Waals surface area (Å²) in [7, 11) is 1.79. The zero-order chi connectivity index (χ0) is 24.2. The van der Waals surface area contributed by atoms with Crippen LogP contribution in [0.3, 0.4) is 0 Å². The van der Waals surface area contributed by atoms with Gasteiger partial charge in [-0.25, -0.2) is 0 Å². The summed E-state index contributed by atoms with van der Waals surface area (Å²) < 4.78 is 12.0. The first-order chi connectivity index (χ1) is 17.1. The molecular formula is C30H30N2O3. The average Bonchev–Trinajstić information content (AvgIpc) is 2.90. The van der Waals surface area contributed by atoms with E-state index in [4.69, 9.17) is 9.47 Å². The highest BCUT2D eigenvalue weighted by Crippen LogP contribution is 2.44. The molecule has 5 heteroatoms. The molecule has 0 saturated heterocycles. The molecule has 0 saturated carbocycles. The molecular weight excluding hydrogens is 436 g/mol. The first-order valence-electron chi connectivity index (χ1n) is 12.2. The van der Waals surface area contributed by atoms with Crippen LogP contribution in [0.25, 0.3) is 5.57 Å². The van der Waals surface area contributed by atoms with Crippen LogP contribution in [0, 0.1) is 0 Å². The van der Waals surface area contributed by atoms with E-state index in [1.165, 1.54) is 0 Å². The minimum absolute atomic E-state index is 0.0910. The van der Waals surface area contributed by atoms with Gasteiger partial charge >= 0.3 is 0 Å². The Morgan fingerprint density at radius 2 is 1.83 bits per heavy atom. The Bertz CT molecular complexity index is 1250. The molecule has 2 heterocycles. The Hall–Kier alpha value is -3.99. The van der Waals surface area contributed by atoms with Crippen molar-refractivity contribution in [2.75, 3.05) is 23.5 Å². The summed E-state index contributed by atoms with van der Waals surface area (Å²) in [6, 6.07) is 23.6. The fraction of sp³-hybridized carbons (Fsp3) is 0.233. The highest BCUT2D eigenvalue weighted by atomic mass is 16.5. The van der Waals surface area contributed by atoms with Gasteiger partial charge in [0.2, 0.25) is 0 Å². The van der Waals surface area contributed by atoms with Crippen LogP contribution in [0.4, 0.5) is 11.4 Å². The van der Waals surface area contributed by atoms with E-state index in [1.54, 1.807) is 18.0 Å². The third-order valence-electron chi connectivity index (χ3n) is 6.51. The van der Waals surface area contributed by atoms with E-state index in [1.807, 2.05) is 72.8 Å². The first kappa shape index (κ1) is 22.8. The molecule has 1 atom stereocenters. The van der Waals surface area contributed by atoms with E-state index in [0.717, 1.165) is 59.0 Å². The van der Waals surface area contributed by atoms with E-state index in [-0.39, 0.29) is 5.91 Å². The number of hydrogen-bond donors (Lipinski definition) is 0. The first-order valence-corrected chi connectivity index (χ1v) is 12.2. The molecule has 0 spiro atoms. The second-order valence-corrected chi connectivity index (χ2v) is 8.89. The number of hydrogen-bond acceptors (Lipinski definition) is 4. The molecule has 0 N–H and O–H groups in total. The van der Waals surface area contributed by atoms with Crippen LogP contribution < -0.4 is 19.3 Å². The number of ether oxygens (including phenoxy) is 2. The molecule has 5 nitrogen and oxygen atoms in total. The summed E-state index contributed by atoms with van der Waals surface area (Å²) in [4.78, 5) is 17.2. The summed E-state index contributed by atoms with van der Waals surface area (Å²) in [5.74, 6) is 2.29. The van der Waals surface area contributed by atoms with Gasteiger partial charge in [0.05, 0.1) is 11.7 Å². The van der Waals surface area contributed by atoms with Crippen LogP contribution in [-0.2, 0) is 4.79 Å². The van der Waals surface area contributed by atoms with Crippen molar-refractivity contribution in [3.05, 3.63) is 96.7 Å². The quantitative estimate of drug-likeness (QED) is 0.359. The summed E-state index contributed by atoms with van der Waals surface area (Å²) in [5, 5.41) is 0. The third-order valence-corrected chi connectivity index (χ3v) is 6.51. The molecule has 5 rings (SSSR count). The number of unbranched alkanes of at least 4 members (excludes halogenated alkanes) is 1. The summed E-state index contributed by atoms with van der Waals surface area (Å²) >= 11 is 0. The molecule has 0 radical (unpaired) electrons. The number of carbonyl (C=O) groups excluding carboxylic acids is 1. The van der Waals surface area contributed by atoms with Gasteiger partial charge in [0.25, 0.3) is 5.91 Å². The fourth-order valence-electron chi connectivity index (χ4n) is 4.54. The maximum atomic E-state index is 13.2. The van der Waals surface area contributed by atoms with Crippen LogP contribution in [0.5, 0.6) is 17.2 Å². The lowest BCUT2D eigenvalue weighted by atomic mass is 9.95. The lowest BCUT2D eigenvalue weighted by molar-refractivity contribution is -0.113. The number of benzene rings is 3. The molecule has 0 aromatic heterocycles. The number of rotatable bonds is 7. The molecule has 3 aromatic rings. The SMILES string of the molecule is CCCCC1COc2cccc3c2N1C=C/C3=C\C(=O)N(C)c1ccc(Oc2ccccc2)cc1. The molecule has 0 aliphatic carbocycles. The van der Waals surface area contributed by atoms with Crippen molar-refractivity contribution in [1.82, 2.24) is 0 Å². The van der Waals surface area contributed by atoms with Crippen LogP contribution in [0.15, 0.2) is 91.1 Å². The van der Waals surface area contributed by atoms with E-state index in [0.29, 0.717) is 12.6 Å². The van der Waals surface area contributed by atoms with Crippen molar-refractivity contribution in [3.8, 4) is 17.2 Å². The topological polar surface area (TPSA) is 42.0 Å². The van der Waals surface area contributed by atoms with Crippen molar-refractivity contribution in [2.24, 2.45) is 0 Å². The monoisotopic (exact) mass is 466 g/mol. The molecule has 3 aromatic carbocycles. The second kappa shape index (κ2) is 10.1. The molecule has 35 heavy (non-hydrogen) atoms. The van der Waals surface area contributed by atoms with Crippen LogP contribution in [0.1, 0.15) is 31.7 Å². The number of nitrogens with zero attached hydrogens (tertiary/aromatic N) is 2. The highest BCUT2D eigenvalue weighted by molar-refractivity contribution is 6.08. The number of amides is 1. The Balaban J connectivity index is 1.34. The predicted octanol–water partition coefficient (Wildman–Crippen LogP) is 6.81. The largest absolute Gasteiger partial charge is 0.489 e. The van der Waals surface area contributed by atoms with Gasteiger partial charge in [0, 0.05) is 30.6 Å². The van der Waals surface area contributed by atoms with Crippen LogP contribution in [-0.4, -0.2) is 25.6 Å². The number of para-hydroxylation sites is 2. The van der Waals surface area contributed by atoms with Crippen LogP contribution in [0.2, 0.25) is 0 Å². The highest BCUT2D eigenvalue weighted by Gasteiger charge is 2.31. The second-order valence-electron chi connectivity index (χ2n) is 8.89. The zero-order valence-corrected chi connectivity index (χ0v) is 20.2. The predicted molar refractivity (Wildman–Crippen MR) is 141 cm³/mol. The summed E-state index contributed by atoms with van der Waals surface area (Å²) in [6.07, 6.45) is 9.25.